The van der Waals surface area contributed by atoms with Crippen molar-refractivity contribution in [1.29, 1.82) is 0 Å². The van der Waals surface area contributed by atoms with E-state index in [0.29, 0.717) is 39.2 Å². The van der Waals surface area contributed by atoms with Crippen LogP contribution in [0.15, 0.2) is 41.5 Å². The third kappa shape index (κ3) is 6.66. The van der Waals surface area contributed by atoms with Crippen LogP contribution in [0, 0.1) is 0 Å². The highest BCUT2D eigenvalue weighted by atomic mass is 35.5. The minimum absolute atomic E-state index is 0.172. The van der Waals surface area contributed by atoms with Crippen molar-refractivity contribution < 1.29 is 19.1 Å². The molecular formula is C20H21Cl2N3O4. The summed E-state index contributed by atoms with van der Waals surface area (Å²) in [6.45, 7) is 2.49. The van der Waals surface area contributed by atoms with Crippen molar-refractivity contribution in [3.8, 4) is 11.5 Å². The molecule has 2 amide bonds. The Hall–Kier alpha value is -2.77. The van der Waals surface area contributed by atoms with Crippen molar-refractivity contribution >= 4 is 41.2 Å². The predicted octanol–water partition coefficient (Wildman–Crippen LogP) is 3.56. The molecule has 0 aromatic heterocycles. The summed E-state index contributed by atoms with van der Waals surface area (Å²) in [5.41, 5.74) is 3.48. The van der Waals surface area contributed by atoms with E-state index >= 15 is 0 Å². The van der Waals surface area contributed by atoms with E-state index in [4.69, 9.17) is 32.7 Å². The zero-order valence-electron chi connectivity index (χ0n) is 16.0. The maximum atomic E-state index is 11.6. The highest BCUT2D eigenvalue weighted by molar-refractivity contribution is 6.36. The van der Waals surface area contributed by atoms with Gasteiger partial charge in [-0.3, -0.25) is 9.59 Å². The Labute approximate surface area is 179 Å². The minimum atomic E-state index is -0.835. The van der Waals surface area contributed by atoms with Crippen LogP contribution in [0.1, 0.15) is 24.5 Å². The highest BCUT2D eigenvalue weighted by Crippen LogP contribution is 2.31. The standard InChI is InChI=1S/C20H21Cl2N3O4/c1-3-9-23-19(26)20(27)25-24-11-13-7-8-17(18(10-13)28-2)29-12-14-15(21)5-4-6-16(14)22/h4-8,10-11H,3,9,12H2,1-2H3,(H,23,26)(H,25,27)/b24-11-. The van der Waals surface area contributed by atoms with E-state index in [-0.39, 0.29) is 6.61 Å². The van der Waals surface area contributed by atoms with Crippen molar-refractivity contribution in [2.75, 3.05) is 13.7 Å². The number of rotatable bonds is 8. The molecular weight excluding hydrogens is 417 g/mol. The number of carbonyl (C=O) groups excluding carboxylic acids is 2. The molecule has 0 saturated carbocycles. The zero-order valence-corrected chi connectivity index (χ0v) is 17.5. The minimum Gasteiger partial charge on any atom is -0.493 e. The largest absolute Gasteiger partial charge is 0.493 e. The van der Waals surface area contributed by atoms with Gasteiger partial charge < -0.3 is 14.8 Å². The van der Waals surface area contributed by atoms with Crippen LogP contribution in [0.3, 0.4) is 0 Å². The monoisotopic (exact) mass is 437 g/mol. The summed E-state index contributed by atoms with van der Waals surface area (Å²) in [6, 6.07) is 10.3. The summed E-state index contributed by atoms with van der Waals surface area (Å²) < 4.78 is 11.1. The van der Waals surface area contributed by atoms with Gasteiger partial charge >= 0.3 is 11.8 Å². The molecule has 0 saturated heterocycles. The van der Waals surface area contributed by atoms with Gasteiger partial charge in [0, 0.05) is 22.2 Å². The third-order valence-electron chi connectivity index (χ3n) is 3.74. The van der Waals surface area contributed by atoms with Crippen LogP contribution < -0.4 is 20.2 Å². The van der Waals surface area contributed by atoms with E-state index in [0.717, 1.165) is 6.42 Å². The van der Waals surface area contributed by atoms with Gasteiger partial charge in [-0.15, -0.1) is 0 Å². The molecule has 0 unspecified atom stereocenters. The van der Waals surface area contributed by atoms with Crippen LogP contribution in [0.25, 0.3) is 0 Å². The van der Waals surface area contributed by atoms with E-state index in [2.05, 4.69) is 15.8 Å². The number of benzene rings is 2. The molecule has 0 radical (unpaired) electrons. The molecule has 0 bridgehead atoms. The van der Waals surface area contributed by atoms with E-state index in [1.165, 1.54) is 13.3 Å². The molecule has 0 spiro atoms. The molecule has 9 heteroatoms. The van der Waals surface area contributed by atoms with Gasteiger partial charge in [-0.05, 0) is 42.3 Å². The number of hydrazone groups is 1. The second-order valence-electron chi connectivity index (χ2n) is 5.85. The number of amides is 2. The predicted molar refractivity (Wildman–Crippen MR) is 113 cm³/mol. The lowest BCUT2D eigenvalue weighted by Crippen LogP contribution is -2.38. The number of hydrogen-bond donors (Lipinski definition) is 2. The third-order valence-corrected chi connectivity index (χ3v) is 4.45. The highest BCUT2D eigenvalue weighted by Gasteiger charge is 2.12. The van der Waals surface area contributed by atoms with E-state index in [9.17, 15) is 9.59 Å². The Bertz CT molecular complexity index is 883. The quantitative estimate of drug-likeness (QED) is 0.375. The molecule has 0 heterocycles. The second-order valence-corrected chi connectivity index (χ2v) is 6.67. The molecule has 154 valence electrons. The fourth-order valence-corrected chi connectivity index (χ4v) is 2.75. The van der Waals surface area contributed by atoms with Crippen molar-refractivity contribution in [3.05, 3.63) is 57.6 Å². The molecule has 0 fully saturated rings. The van der Waals surface area contributed by atoms with Crippen LogP contribution in [0.2, 0.25) is 10.0 Å². The van der Waals surface area contributed by atoms with Crippen LogP contribution in [0.4, 0.5) is 0 Å². The molecule has 2 aromatic rings. The molecule has 7 nitrogen and oxygen atoms in total. The van der Waals surface area contributed by atoms with Crippen molar-refractivity contribution in [1.82, 2.24) is 10.7 Å². The van der Waals surface area contributed by atoms with Gasteiger partial charge in [0.25, 0.3) is 0 Å². The topological polar surface area (TPSA) is 89.0 Å². The first-order valence-electron chi connectivity index (χ1n) is 8.81. The lowest BCUT2D eigenvalue weighted by atomic mass is 10.2. The first kappa shape index (κ1) is 22.5. The SMILES string of the molecule is CCCNC(=O)C(=O)N/N=C\c1ccc(OCc2c(Cl)cccc2Cl)c(OC)c1. The summed E-state index contributed by atoms with van der Waals surface area (Å²) in [7, 11) is 1.51. The number of halogens is 2. The Balaban J connectivity index is 2.01. The Morgan fingerprint density at radius 1 is 1.10 bits per heavy atom. The molecule has 29 heavy (non-hydrogen) atoms. The number of nitrogens with one attached hydrogen (secondary N) is 2. The summed E-state index contributed by atoms with van der Waals surface area (Å²) >= 11 is 12.3. The van der Waals surface area contributed by atoms with Gasteiger partial charge in [0.15, 0.2) is 11.5 Å². The van der Waals surface area contributed by atoms with Gasteiger partial charge in [-0.2, -0.15) is 5.10 Å². The summed E-state index contributed by atoms with van der Waals surface area (Å²) in [6.07, 6.45) is 2.13. The summed E-state index contributed by atoms with van der Waals surface area (Å²) in [4.78, 5) is 23.1. The van der Waals surface area contributed by atoms with Crippen molar-refractivity contribution in [2.45, 2.75) is 20.0 Å². The smallest absolute Gasteiger partial charge is 0.329 e. The normalized spacial score (nSPS) is 10.6. The molecule has 0 aliphatic rings. The number of hydrogen-bond acceptors (Lipinski definition) is 5. The maximum absolute atomic E-state index is 11.6. The Kier molecular flexibility index (Phi) is 8.76. The lowest BCUT2D eigenvalue weighted by molar-refractivity contribution is -0.139. The lowest BCUT2D eigenvalue weighted by Gasteiger charge is -2.13. The Morgan fingerprint density at radius 2 is 1.83 bits per heavy atom. The van der Waals surface area contributed by atoms with Gasteiger partial charge in [-0.1, -0.05) is 36.2 Å². The number of nitrogens with zero attached hydrogens (tertiary/aromatic N) is 1. The first-order chi connectivity index (χ1) is 14.0. The molecule has 0 aliphatic heterocycles. The number of ether oxygens (including phenoxy) is 2. The van der Waals surface area contributed by atoms with E-state index in [1.54, 1.807) is 36.4 Å². The molecule has 2 rings (SSSR count). The Morgan fingerprint density at radius 3 is 2.48 bits per heavy atom. The van der Waals surface area contributed by atoms with Gasteiger partial charge in [0.1, 0.15) is 6.61 Å². The van der Waals surface area contributed by atoms with Gasteiger partial charge in [0.05, 0.1) is 13.3 Å². The fraction of sp³-hybridized carbons (Fsp3) is 0.250. The fourth-order valence-electron chi connectivity index (χ4n) is 2.24. The molecule has 0 aliphatic carbocycles. The van der Waals surface area contributed by atoms with Gasteiger partial charge in [-0.25, -0.2) is 5.43 Å². The van der Waals surface area contributed by atoms with Crippen molar-refractivity contribution in [2.24, 2.45) is 5.10 Å². The van der Waals surface area contributed by atoms with Crippen molar-refractivity contribution in [3.63, 3.8) is 0 Å². The van der Waals surface area contributed by atoms with Crippen LogP contribution in [-0.4, -0.2) is 31.7 Å². The first-order valence-corrected chi connectivity index (χ1v) is 9.56. The summed E-state index contributed by atoms with van der Waals surface area (Å²) in [5, 5.41) is 7.26. The number of carbonyl (C=O) groups is 2. The van der Waals surface area contributed by atoms with Crippen LogP contribution in [-0.2, 0) is 16.2 Å². The molecule has 2 N–H and O–H groups in total. The van der Waals surface area contributed by atoms with E-state index < -0.39 is 11.8 Å². The van der Waals surface area contributed by atoms with Crippen LogP contribution >= 0.6 is 23.2 Å². The number of methoxy groups -OCH3 is 1. The van der Waals surface area contributed by atoms with E-state index in [1.807, 2.05) is 6.92 Å². The average molecular weight is 438 g/mol. The molecule has 2 aromatic carbocycles. The zero-order chi connectivity index (χ0) is 21.2. The summed E-state index contributed by atoms with van der Waals surface area (Å²) in [5.74, 6) is -0.616. The van der Waals surface area contributed by atoms with Crippen LogP contribution in [0.5, 0.6) is 11.5 Å². The maximum Gasteiger partial charge on any atom is 0.329 e. The molecule has 0 atom stereocenters. The van der Waals surface area contributed by atoms with Gasteiger partial charge in [0.2, 0.25) is 0 Å². The average Bonchev–Trinajstić information content (AvgIpc) is 2.72. The second kappa shape index (κ2) is 11.3.